The molecule has 1 saturated heterocycles. The van der Waals surface area contributed by atoms with Crippen molar-refractivity contribution in [3.63, 3.8) is 0 Å². The predicted molar refractivity (Wildman–Crippen MR) is 75.7 cm³/mol. The Labute approximate surface area is 118 Å². The van der Waals surface area contributed by atoms with E-state index >= 15 is 0 Å². The third-order valence-corrected chi connectivity index (χ3v) is 5.05. The summed E-state index contributed by atoms with van der Waals surface area (Å²) in [6.07, 6.45) is 1.94. The first kappa shape index (κ1) is 12.2. The lowest BCUT2D eigenvalue weighted by Crippen LogP contribution is -2.48. The predicted octanol–water partition coefficient (Wildman–Crippen LogP) is 1.06. The highest BCUT2D eigenvalue weighted by Crippen LogP contribution is 2.60. The standard InChI is InChI=1S/C16H20N2O2/c19-15(18-10-11-8-17-9-11)13-7-16(13)5-6-20-14-4-2-1-3-12(14)16/h1-4,11,13,17H,5-10H2,(H,18,19). The number of hydrogen-bond acceptors (Lipinski definition) is 3. The summed E-state index contributed by atoms with van der Waals surface area (Å²) in [5.41, 5.74) is 1.29. The van der Waals surface area contributed by atoms with Crippen LogP contribution in [0.25, 0.3) is 0 Å². The summed E-state index contributed by atoms with van der Waals surface area (Å²) in [7, 11) is 0. The van der Waals surface area contributed by atoms with Crippen molar-refractivity contribution in [2.45, 2.75) is 18.3 Å². The summed E-state index contributed by atoms with van der Waals surface area (Å²) in [6, 6.07) is 8.18. The zero-order valence-corrected chi connectivity index (χ0v) is 11.5. The summed E-state index contributed by atoms with van der Waals surface area (Å²) in [4.78, 5) is 12.4. The largest absolute Gasteiger partial charge is 0.493 e. The number of fused-ring (bicyclic) bond motifs is 2. The van der Waals surface area contributed by atoms with Crippen LogP contribution in [0.3, 0.4) is 0 Å². The van der Waals surface area contributed by atoms with Crippen LogP contribution in [0, 0.1) is 11.8 Å². The average molecular weight is 272 g/mol. The van der Waals surface area contributed by atoms with Crippen LogP contribution in [-0.4, -0.2) is 32.1 Å². The first-order valence-corrected chi connectivity index (χ1v) is 7.50. The quantitative estimate of drug-likeness (QED) is 0.865. The van der Waals surface area contributed by atoms with Gasteiger partial charge in [-0.1, -0.05) is 18.2 Å². The number of carbonyl (C=O) groups is 1. The van der Waals surface area contributed by atoms with E-state index in [1.54, 1.807) is 0 Å². The summed E-state index contributed by atoms with van der Waals surface area (Å²) < 4.78 is 5.71. The first-order valence-electron chi connectivity index (χ1n) is 7.50. The van der Waals surface area contributed by atoms with Gasteiger partial charge >= 0.3 is 0 Å². The molecular formula is C16H20N2O2. The molecule has 1 spiro atoms. The van der Waals surface area contributed by atoms with Crippen LogP contribution in [0.2, 0.25) is 0 Å². The number of para-hydroxylation sites is 1. The van der Waals surface area contributed by atoms with Gasteiger partial charge in [0.1, 0.15) is 5.75 Å². The van der Waals surface area contributed by atoms with Crippen molar-refractivity contribution in [1.29, 1.82) is 0 Å². The summed E-state index contributed by atoms with van der Waals surface area (Å²) in [5.74, 6) is 1.96. The fraction of sp³-hybridized carbons (Fsp3) is 0.562. The molecular weight excluding hydrogens is 252 g/mol. The highest BCUT2D eigenvalue weighted by atomic mass is 16.5. The Morgan fingerprint density at radius 2 is 2.25 bits per heavy atom. The van der Waals surface area contributed by atoms with E-state index in [0.29, 0.717) is 5.92 Å². The minimum absolute atomic E-state index is 0.0524. The van der Waals surface area contributed by atoms with E-state index < -0.39 is 0 Å². The molecule has 1 amide bonds. The maximum atomic E-state index is 12.4. The number of ether oxygens (including phenoxy) is 1. The SMILES string of the molecule is O=C(NCC1CNC1)C1CC12CCOc1ccccc12. The van der Waals surface area contributed by atoms with Gasteiger partial charge in [-0.2, -0.15) is 0 Å². The molecule has 0 radical (unpaired) electrons. The van der Waals surface area contributed by atoms with Crippen LogP contribution in [0.1, 0.15) is 18.4 Å². The van der Waals surface area contributed by atoms with Gasteiger partial charge in [-0.3, -0.25) is 4.79 Å². The van der Waals surface area contributed by atoms with E-state index in [1.807, 2.05) is 18.2 Å². The van der Waals surface area contributed by atoms with Gasteiger partial charge in [-0.25, -0.2) is 0 Å². The number of hydrogen-bond donors (Lipinski definition) is 2. The molecule has 1 aliphatic carbocycles. The maximum absolute atomic E-state index is 12.4. The van der Waals surface area contributed by atoms with Gasteiger partial charge in [-0.05, 0) is 18.9 Å². The lowest BCUT2D eigenvalue weighted by molar-refractivity contribution is -0.123. The Morgan fingerprint density at radius 1 is 1.40 bits per heavy atom. The number of carbonyl (C=O) groups excluding carboxylic acids is 1. The van der Waals surface area contributed by atoms with E-state index in [2.05, 4.69) is 16.7 Å². The van der Waals surface area contributed by atoms with E-state index in [1.165, 1.54) is 5.56 Å². The first-order chi connectivity index (χ1) is 9.79. The fourth-order valence-electron chi connectivity index (χ4n) is 3.57. The van der Waals surface area contributed by atoms with Crippen molar-refractivity contribution in [2.24, 2.45) is 11.8 Å². The molecule has 0 bridgehead atoms. The molecule has 2 N–H and O–H groups in total. The molecule has 4 nitrogen and oxygen atoms in total. The van der Waals surface area contributed by atoms with E-state index in [0.717, 1.165) is 44.8 Å². The van der Waals surface area contributed by atoms with Crippen LogP contribution in [0.5, 0.6) is 5.75 Å². The van der Waals surface area contributed by atoms with Crippen molar-refractivity contribution in [2.75, 3.05) is 26.2 Å². The number of nitrogens with one attached hydrogen (secondary N) is 2. The van der Waals surface area contributed by atoms with Crippen molar-refractivity contribution < 1.29 is 9.53 Å². The van der Waals surface area contributed by atoms with Gasteiger partial charge in [0.25, 0.3) is 0 Å². The van der Waals surface area contributed by atoms with Crippen molar-refractivity contribution in [1.82, 2.24) is 10.6 Å². The van der Waals surface area contributed by atoms with E-state index in [-0.39, 0.29) is 17.2 Å². The third-order valence-electron chi connectivity index (χ3n) is 5.05. The minimum atomic E-state index is 0.0524. The normalized spacial score (nSPS) is 31.1. The molecule has 2 fully saturated rings. The molecule has 2 atom stereocenters. The second kappa shape index (κ2) is 4.48. The van der Waals surface area contributed by atoms with Crippen molar-refractivity contribution >= 4 is 5.91 Å². The van der Waals surface area contributed by atoms with Gasteiger partial charge in [0.15, 0.2) is 0 Å². The van der Waals surface area contributed by atoms with Crippen LogP contribution >= 0.6 is 0 Å². The average Bonchev–Trinajstić information content (AvgIpc) is 3.13. The lowest BCUT2D eigenvalue weighted by atomic mass is 9.87. The van der Waals surface area contributed by atoms with Gasteiger partial charge in [0.05, 0.1) is 6.61 Å². The molecule has 20 heavy (non-hydrogen) atoms. The van der Waals surface area contributed by atoms with Gasteiger partial charge in [-0.15, -0.1) is 0 Å². The zero-order valence-electron chi connectivity index (χ0n) is 11.5. The second-order valence-corrected chi connectivity index (χ2v) is 6.28. The zero-order chi connectivity index (χ0) is 13.6. The van der Waals surface area contributed by atoms with Crippen LogP contribution < -0.4 is 15.4 Å². The van der Waals surface area contributed by atoms with Crippen LogP contribution in [0.15, 0.2) is 24.3 Å². The fourth-order valence-corrected chi connectivity index (χ4v) is 3.57. The van der Waals surface area contributed by atoms with Gasteiger partial charge in [0.2, 0.25) is 5.91 Å². The molecule has 2 unspecified atom stereocenters. The molecule has 1 aromatic rings. The number of amides is 1. The molecule has 4 heteroatoms. The molecule has 1 aromatic carbocycles. The summed E-state index contributed by atoms with van der Waals surface area (Å²) >= 11 is 0. The molecule has 2 aliphatic heterocycles. The molecule has 106 valence electrons. The minimum Gasteiger partial charge on any atom is -0.493 e. The Balaban J connectivity index is 1.47. The van der Waals surface area contributed by atoms with Gasteiger partial charge in [0, 0.05) is 42.4 Å². The summed E-state index contributed by atoms with van der Waals surface area (Å²) in [6.45, 7) is 3.61. The van der Waals surface area contributed by atoms with Crippen LogP contribution in [0.4, 0.5) is 0 Å². The Morgan fingerprint density at radius 3 is 3.05 bits per heavy atom. The topological polar surface area (TPSA) is 50.4 Å². The van der Waals surface area contributed by atoms with E-state index in [9.17, 15) is 4.79 Å². The second-order valence-electron chi connectivity index (χ2n) is 6.28. The smallest absolute Gasteiger partial charge is 0.224 e. The Hall–Kier alpha value is -1.55. The van der Waals surface area contributed by atoms with Crippen molar-refractivity contribution in [3.05, 3.63) is 29.8 Å². The number of benzene rings is 1. The molecule has 2 heterocycles. The molecule has 1 saturated carbocycles. The highest BCUT2D eigenvalue weighted by Gasteiger charge is 2.60. The Kier molecular flexibility index (Phi) is 2.74. The summed E-state index contributed by atoms with van der Waals surface area (Å²) in [5, 5.41) is 6.36. The third kappa shape index (κ3) is 1.82. The lowest BCUT2D eigenvalue weighted by Gasteiger charge is -2.28. The van der Waals surface area contributed by atoms with E-state index in [4.69, 9.17) is 4.74 Å². The van der Waals surface area contributed by atoms with Crippen LogP contribution in [-0.2, 0) is 10.2 Å². The molecule has 3 aliphatic rings. The highest BCUT2D eigenvalue weighted by molar-refractivity contribution is 5.84. The number of rotatable bonds is 3. The monoisotopic (exact) mass is 272 g/mol. The van der Waals surface area contributed by atoms with Crippen molar-refractivity contribution in [3.8, 4) is 5.75 Å². The molecule has 0 aromatic heterocycles. The van der Waals surface area contributed by atoms with Gasteiger partial charge < -0.3 is 15.4 Å². The maximum Gasteiger partial charge on any atom is 0.224 e. The molecule has 4 rings (SSSR count). The Bertz CT molecular complexity index is 541.